The van der Waals surface area contributed by atoms with Crippen LogP contribution in [0.15, 0.2) is 41.3 Å². The van der Waals surface area contributed by atoms with Crippen LogP contribution in [0.2, 0.25) is 0 Å². The monoisotopic (exact) mass is 423 g/mol. The minimum atomic E-state index is -3.72. The summed E-state index contributed by atoms with van der Waals surface area (Å²) >= 11 is 0. The average Bonchev–Trinajstić information content (AvgIpc) is 2.70. The van der Waals surface area contributed by atoms with Gasteiger partial charge in [-0.15, -0.1) is 0 Å². The number of hydrogen-bond donors (Lipinski definition) is 1. The minimum absolute atomic E-state index is 0.0344. The van der Waals surface area contributed by atoms with E-state index in [2.05, 4.69) is 5.32 Å². The van der Waals surface area contributed by atoms with Crippen molar-refractivity contribution in [3.63, 3.8) is 0 Å². The summed E-state index contributed by atoms with van der Waals surface area (Å²) in [5.41, 5.74) is -0.354. The lowest BCUT2D eigenvalue weighted by Crippen LogP contribution is -2.27. The van der Waals surface area contributed by atoms with Crippen LogP contribution in [-0.4, -0.2) is 51.9 Å². The molecule has 11 heteroatoms. The van der Waals surface area contributed by atoms with Crippen molar-refractivity contribution in [3.05, 3.63) is 57.6 Å². The Balaban J connectivity index is 2.37. The van der Waals surface area contributed by atoms with Crippen molar-refractivity contribution in [2.75, 3.05) is 28.3 Å². The Morgan fingerprint density at radius 3 is 2.28 bits per heavy atom. The van der Waals surface area contributed by atoms with Crippen LogP contribution in [-0.2, 0) is 16.6 Å². The highest BCUT2D eigenvalue weighted by atomic mass is 32.2. The van der Waals surface area contributed by atoms with Crippen molar-refractivity contribution < 1.29 is 27.6 Å². The minimum Gasteiger partial charge on any atom is -0.493 e. The molecule has 2 rings (SSSR count). The Morgan fingerprint density at radius 2 is 1.72 bits per heavy atom. The number of sulfonamides is 1. The van der Waals surface area contributed by atoms with E-state index in [4.69, 9.17) is 9.47 Å². The topological polar surface area (TPSA) is 128 Å². The van der Waals surface area contributed by atoms with E-state index < -0.39 is 26.5 Å². The first-order chi connectivity index (χ1) is 13.6. The summed E-state index contributed by atoms with van der Waals surface area (Å²) in [6.07, 6.45) is 0. The third-order valence-electron chi connectivity index (χ3n) is 4.11. The Bertz CT molecular complexity index is 1040. The van der Waals surface area contributed by atoms with Crippen molar-refractivity contribution >= 4 is 21.6 Å². The second-order valence-corrected chi connectivity index (χ2v) is 8.18. The molecule has 0 aliphatic carbocycles. The van der Waals surface area contributed by atoms with Gasteiger partial charge >= 0.3 is 0 Å². The molecule has 0 bridgehead atoms. The van der Waals surface area contributed by atoms with Gasteiger partial charge in [0.25, 0.3) is 11.6 Å². The average molecular weight is 423 g/mol. The quantitative estimate of drug-likeness (QED) is 0.506. The van der Waals surface area contributed by atoms with Crippen molar-refractivity contribution in [2.45, 2.75) is 11.4 Å². The number of amides is 1. The highest BCUT2D eigenvalue weighted by Gasteiger charge is 2.25. The van der Waals surface area contributed by atoms with Crippen LogP contribution < -0.4 is 14.8 Å². The van der Waals surface area contributed by atoms with Crippen LogP contribution in [0.4, 0.5) is 5.69 Å². The molecular formula is C18H21N3O7S. The van der Waals surface area contributed by atoms with Crippen LogP contribution in [0.25, 0.3) is 0 Å². The zero-order valence-corrected chi connectivity index (χ0v) is 17.1. The maximum Gasteiger partial charge on any atom is 0.286 e. The first-order valence-corrected chi connectivity index (χ1v) is 9.76. The predicted octanol–water partition coefficient (Wildman–Crippen LogP) is 1.79. The van der Waals surface area contributed by atoms with Crippen LogP contribution >= 0.6 is 0 Å². The van der Waals surface area contributed by atoms with Crippen molar-refractivity contribution in [1.29, 1.82) is 0 Å². The Hall–Kier alpha value is -3.18. The molecule has 0 spiro atoms. The van der Waals surface area contributed by atoms with Gasteiger partial charge in [0.05, 0.1) is 30.1 Å². The lowest BCUT2D eigenvalue weighted by Gasteiger charge is -2.15. The maximum atomic E-state index is 12.6. The van der Waals surface area contributed by atoms with Crippen LogP contribution in [0.3, 0.4) is 0 Å². The highest BCUT2D eigenvalue weighted by Crippen LogP contribution is 2.34. The third-order valence-corrected chi connectivity index (χ3v) is 6.03. The molecule has 0 aromatic heterocycles. The van der Waals surface area contributed by atoms with Crippen molar-refractivity contribution in [3.8, 4) is 11.5 Å². The molecule has 0 fully saturated rings. The summed E-state index contributed by atoms with van der Waals surface area (Å²) < 4.78 is 36.1. The van der Waals surface area contributed by atoms with E-state index in [0.29, 0.717) is 5.56 Å². The lowest BCUT2D eigenvalue weighted by atomic mass is 10.1. The number of carbonyl (C=O) groups excluding carboxylic acids is 1. The van der Waals surface area contributed by atoms with E-state index in [1.807, 2.05) is 0 Å². The maximum absolute atomic E-state index is 12.6. The van der Waals surface area contributed by atoms with E-state index in [1.165, 1.54) is 40.4 Å². The first kappa shape index (κ1) is 22.1. The summed E-state index contributed by atoms with van der Waals surface area (Å²) in [5, 5.41) is 13.9. The summed E-state index contributed by atoms with van der Waals surface area (Å²) in [4.78, 5) is 23.3. The Morgan fingerprint density at radius 1 is 1.14 bits per heavy atom. The first-order valence-electron chi connectivity index (χ1n) is 8.32. The standard InChI is InChI=1S/C18H21N3O7S/c1-20(2)29(25,26)17-8-6-5-7-12(17)11-19-18(22)13-9-15(27-3)16(28-4)10-14(13)21(23)24/h5-10H,11H2,1-4H3,(H,19,22). The highest BCUT2D eigenvalue weighted by molar-refractivity contribution is 7.89. The number of nitro benzene ring substituents is 1. The molecule has 0 heterocycles. The molecule has 0 saturated carbocycles. The second kappa shape index (κ2) is 8.88. The van der Waals surface area contributed by atoms with Crippen molar-refractivity contribution in [2.24, 2.45) is 0 Å². The van der Waals surface area contributed by atoms with Crippen LogP contribution in [0.1, 0.15) is 15.9 Å². The van der Waals surface area contributed by atoms with Gasteiger partial charge in [0.2, 0.25) is 10.0 Å². The Kier molecular flexibility index (Phi) is 6.77. The molecule has 10 nitrogen and oxygen atoms in total. The van der Waals surface area contributed by atoms with Crippen LogP contribution in [0, 0.1) is 10.1 Å². The molecule has 1 amide bonds. The molecular weight excluding hydrogens is 402 g/mol. The molecule has 0 aliphatic heterocycles. The predicted molar refractivity (Wildman–Crippen MR) is 105 cm³/mol. The van der Waals surface area contributed by atoms with E-state index >= 15 is 0 Å². The summed E-state index contributed by atoms with van der Waals surface area (Å²) in [6, 6.07) is 8.48. The van der Waals surface area contributed by atoms with Gasteiger partial charge in [0, 0.05) is 26.7 Å². The molecule has 2 aromatic carbocycles. The second-order valence-electron chi connectivity index (χ2n) is 6.06. The molecule has 0 saturated heterocycles. The van der Waals surface area contributed by atoms with E-state index in [1.54, 1.807) is 18.2 Å². The number of hydrogen-bond acceptors (Lipinski definition) is 7. The van der Waals surface area contributed by atoms with Gasteiger partial charge in [-0.2, -0.15) is 0 Å². The molecule has 29 heavy (non-hydrogen) atoms. The number of ether oxygens (including phenoxy) is 2. The normalized spacial score (nSPS) is 11.2. The fourth-order valence-electron chi connectivity index (χ4n) is 2.57. The van der Waals surface area contributed by atoms with Gasteiger partial charge in [-0.25, -0.2) is 12.7 Å². The van der Waals surface area contributed by atoms with Gasteiger partial charge in [0.15, 0.2) is 11.5 Å². The molecule has 0 radical (unpaired) electrons. The molecule has 0 aliphatic rings. The summed E-state index contributed by atoms with van der Waals surface area (Å²) in [7, 11) is 1.74. The fourth-order valence-corrected chi connectivity index (χ4v) is 3.69. The van der Waals surface area contributed by atoms with Gasteiger partial charge in [0.1, 0.15) is 5.56 Å². The third kappa shape index (κ3) is 4.63. The number of rotatable bonds is 8. The van der Waals surface area contributed by atoms with E-state index in [9.17, 15) is 23.3 Å². The van der Waals surface area contributed by atoms with E-state index in [-0.39, 0.29) is 28.5 Å². The number of nitro groups is 1. The number of nitrogens with one attached hydrogen (secondary N) is 1. The number of carbonyl (C=O) groups is 1. The zero-order valence-electron chi connectivity index (χ0n) is 16.3. The number of nitrogens with zero attached hydrogens (tertiary/aromatic N) is 2. The molecule has 156 valence electrons. The number of benzene rings is 2. The molecule has 0 atom stereocenters. The Labute approximate surface area is 168 Å². The SMILES string of the molecule is COc1cc(C(=O)NCc2ccccc2S(=O)(=O)N(C)C)c([N+](=O)[O-])cc1OC. The summed E-state index contributed by atoms with van der Waals surface area (Å²) in [5.74, 6) is -0.494. The smallest absolute Gasteiger partial charge is 0.286 e. The van der Waals surface area contributed by atoms with Crippen molar-refractivity contribution in [1.82, 2.24) is 9.62 Å². The molecule has 2 aromatic rings. The molecule has 1 N–H and O–H groups in total. The largest absolute Gasteiger partial charge is 0.493 e. The van der Waals surface area contributed by atoms with Crippen LogP contribution in [0.5, 0.6) is 11.5 Å². The molecule has 0 unspecified atom stereocenters. The van der Waals surface area contributed by atoms with Gasteiger partial charge in [-0.05, 0) is 11.6 Å². The van der Waals surface area contributed by atoms with E-state index in [0.717, 1.165) is 10.4 Å². The number of methoxy groups -OCH3 is 2. The fraction of sp³-hybridized carbons (Fsp3) is 0.278. The lowest BCUT2D eigenvalue weighted by molar-refractivity contribution is -0.385. The van der Waals surface area contributed by atoms with Gasteiger partial charge < -0.3 is 14.8 Å². The van der Waals surface area contributed by atoms with Gasteiger partial charge in [-0.1, -0.05) is 18.2 Å². The summed E-state index contributed by atoms with van der Waals surface area (Å²) in [6.45, 7) is -0.145. The zero-order chi connectivity index (χ0) is 21.8. The van der Waals surface area contributed by atoms with Gasteiger partial charge in [-0.3, -0.25) is 14.9 Å².